The zero-order valence-corrected chi connectivity index (χ0v) is 19.3. The topological polar surface area (TPSA) is 196 Å². The number of hydrogen-bond acceptors (Lipinski definition) is 12. The third kappa shape index (κ3) is 6.31. The maximum atomic E-state index is 12.1. The Kier molecular flexibility index (Phi) is 8.46. The molecular weight excluding hydrogens is 457 g/mol. The third-order valence-corrected chi connectivity index (χ3v) is 6.11. The van der Waals surface area contributed by atoms with Crippen LogP contribution in [0.25, 0.3) is 11.2 Å². The normalized spacial score (nSPS) is 22.5. The van der Waals surface area contributed by atoms with Gasteiger partial charge in [-0.25, -0.2) is 10.1 Å². The molecule has 2 aromatic heterocycles. The van der Waals surface area contributed by atoms with Crippen molar-refractivity contribution in [2.24, 2.45) is 0 Å². The number of nitrogens with zero attached hydrogens (tertiary/aromatic N) is 3. The van der Waals surface area contributed by atoms with Gasteiger partial charge in [-0.2, -0.15) is 4.98 Å². The van der Waals surface area contributed by atoms with Gasteiger partial charge in [0.15, 0.2) is 25.8 Å². The molecule has 1 saturated heterocycles. The standard InChI is InChI=1S/C18H28N7O7P/c1-9(2)31-17(29)10(3)24-33(21-4-5-26)30-7-11-6-12(27)16(32-11)25-8-20-13-14(25)22-18(19)23-15(13)28/h5,8-12,16,21,24,27H,4,6-7H2,1-3H3,(H3,19,22,23,28). The highest BCUT2D eigenvalue weighted by molar-refractivity contribution is 7.48. The molecule has 5 atom stereocenters. The first-order valence-corrected chi connectivity index (χ1v) is 11.6. The Hall–Kier alpha value is -2.48. The molecule has 1 aliphatic rings. The summed E-state index contributed by atoms with van der Waals surface area (Å²) in [6.07, 6.45) is -0.268. The molecule has 3 rings (SSSR count). The van der Waals surface area contributed by atoms with Gasteiger partial charge in [0.2, 0.25) is 5.95 Å². The first kappa shape index (κ1) is 25.1. The van der Waals surface area contributed by atoms with E-state index in [1.54, 1.807) is 20.8 Å². The Morgan fingerprint density at radius 2 is 2.27 bits per heavy atom. The van der Waals surface area contributed by atoms with Crippen LogP contribution in [0.5, 0.6) is 0 Å². The van der Waals surface area contributed by atoms with Gasteiger partial charge >= 0.3 is 5.97 Å². The van der Waals surface area contributed by atoms with Crippen molar-refractivity contribution < 1.29 is 28.7 Å². The minimum Gasteiger partial charge on any atom is -0.462 e. The van der Waals surface area contributed by atoms with Crippen molar-refractivity contribution in [2.45, 2.75) is 57.8 Å². The number of fused-ring (bicyclic) bond motifs is 1. The van der Waals surface area contributed by atoms with Gasteiger partial charge in [-0.15, -0.1) is 0 Å². The minimum atomic E-state index is -1.58. The smallest absolute Gasteiger partial charge is 0.323 e. The second-order valence-corrected chi connectivity index (χ2v) is 9.10. The van der Waals surface area contributed by atoms with Crippen LogP contribution < -0.4 is 21.5 Å². The lowest BCUT2D eigenvalue weighted by atomic mass is 10.2. The van der Waals surface area contributed by atoms with Gasteiger partial charge in [0.1, 0.15) is 18.4 Å². The number of aliphatic hydroxyl groups is 1. The van der Waals surface area contributed by atoms with Crippen molar-refractivity contribution in [3.8, 4) is 0 Å². The first-order valence-electron chi connectivity index (χ1n) is 10.3. The number of carbonyl (C=O) groups is 2. The molecule has 0 bridgehead atoms. The van der Waals surface area contributed by atoms with E-state index in [0.29, 0.717) is 6.29 Å². The van der Waals surface area contributed by atoms with Gasteiger partial charge in [0, 0.05) is 6.42 Å². The Labute approximate surface area is 190 Å². The van der Waals surface area contributed by atoms with Crippen LogP contribution in [0.15, 0.2) is 11.1 Å². The summed E-state index contributed by atoms with van der Waals surface area (Å²) >= 11 is 0. The van der Waals surface area contributed by atoms with Crippen molar-refractivity contribution in [2.75, 3.05) is 18.9 Å². The number of aromatic nitrogens is 4. The number of nitrogens with two attached hydrogens (primary N) is 1. The molecule has 3 heterocycles. The van der Waals surface area contributed by atoms with Crippen molar-refractivity contribution in [3.63, 3.8) is 0 Å². The van der Waals surface area contributed by atoms with E-state index in [0.717, 1.165) is 0 Å². The van der Waals surface area contributed by atoms with Crippen LogP contribution in [-0.2, 0) is 23.6 Å². The number of nitrogens with one attached hydrogen (secondary N) is 3. The molecule has 0 radical (unpaired) electrons. The largest absolute Gasteiger partial charge is 0.462 e. The number of ether oxygens (including phenoxy) is 2. The maximum absolute atomic E-state index is 12.1. The summed E-state index contributed by atoms with van der Waals surface area (Å²) in [4.78, 5) is 45.3. The van der Waals surface area contributed by atoms with Crippen LogP contribution in [0.3, 0.4) is 0 Å². The summed E-state index contributed by atoms with van der Waals surface area (Å²) < 4.78 is 18.3. The number of hydrogen-bond donors (Lipinski definition) is 5. The number of aromatic amines is 1. The highest BCUT2D eigenvalue weighted by Crippen LogP contribution is 2.34. The van der Waals surface area contributed by atoms with Crippen LogP contribution in [-0.4, -0.2) is 74.4 Å². The Morgan fingerprint density at radius 1 is 1.52 bits per heavy atom. The summed E-state index contributed by atoms with van der Waals surface area (Å²) in [6.45, 7) is 5.20. The van der Waals surface area contributed by atoms with E-state index in [9.17, 15) is 19.5 Å². The van der Waals surface area contributed by atoms with E-state index in [1.165, 1.54) is 10.9 Å². The number of carbonyl (C=O) groups excluding carboxylic acids is 2. The molecule has 0 aromatic carbocycles. The van der Waals surface area contributed by atoms with E-state index >= 15 is 0 Å². The molecule has 0 amide bonds. The number of esters is 1. The predicted molar refractivity (Wildman–Crippen MR) is 118 cm³/mol. The van der Waals surface area contributed by atoms with Crippen molar-refractivity contribution >= 4 is 37.8 Å². The molecule has 6 N–H and O–H groups in total. The van der Waals surface area contributed by atoms with Gasteiger partial charge in [-0.3, -0.25) is 24.2 Å². The van der Waals surface area contributed by atoms with Crippen LogP contribution in [0.2, 0.25) is 0 Å². The third-order valence-electron chi connectivity index (χ3n) is 4.61. The Bertz CT molecular complexity index is 1030. The molecule has 15 heteroatoms. The average Bonchev–Trinajstić information content (AvgIpc) is 3.32. The molecule has 1 fully saturated rings. The second kappa shape index (κ2) is 11.1. The molecule has 0 spiro atoms. The van der Waals surface area contributed by atoms with E-state index in [-0.39, 0.29) is 42.8 Å². The summed E-state index contributed by atoms with van der Waals surface area (Å²) in [5.41, 5.74) is 5.39. The lowest BCUT2D eigenvalue weighted by Gasteiger charge is -2.24. The molecule has 33 heavy (non-hydrogen) atoms. The Morgan fingerprint density at radius 3 is 2.97 bits per heavy atom. The highest BCUT2D eigenvalue weighted by atomic mass is 31.2. The fourth-order valence-corrected chi connectivity index (χ4v) is 4.46. The zero-order valence-electron chi connectivity index (χ0n) is 18.4. The summed E-state index contributed by atoms with van der Waals surface area (Å²) in [5.74, 6) is -0.528. The van der Waals surface area contributed by atoms with Crippen LogP contribution in [0, 0.1) is 0 Å². The fraction of sp³-hybridized carbons (Fsp3) is 0.611. The fourth-order valence-electron chi connectivity index (χ4n) is 3.19. The van der Waals surface area contributed by atoms with Gasteiger partial charge in [0.25, 0.3) is 5.56 Å². The summed E-state index contributed by atoms with van der Waals surface area (Å²) in [5, 5.41) is 16.4. The molecule has 0 aliphatic carbocycles. The SMILES string of the molecule is CC(C)OC(=O)C(C)NP(NCC=O)OCC1CC(O)C(n2cnc3c(=O)[nH]c(N)nc32)O1. The van der Waals surface area contributed by atoms with Crippen LogP contribution in [0.4, 0.5) is 5.95 Å². The molecule has 1 aliphatic heterocycles. The lowest BCUT2D eigenvalue weighted by molar-refractivity contribution is -0.149. The molecule has 182 valence electrons. The number of imidazole rings is 1. The predicted octanol–water partition coefficient (Wildman–Crippen LogP) is -0.688. The van der Waals surface area contributed by atoms with E-state index in [1.807, 2.05) is 0 Å². The van der Waals surface area contributed by atoms with E-state index in [4.69, 9.17) is 19.7 Å². The molecule has 5 unspecified atom stereocenters. The minimum absolute atomic E-state index is 0.0179. The Balaban J connectivity index is 1.63. The number of rotatable bonds is 11. The van der Waals surface area contributed by atoms with Crippen molar-refractivity contribution in [1.82, 2.24) is 29.7 Å². The van der Waals surface area contributed by atoms with Gasteiger partial charge in [-0.05, 0) is 20.8 Å². The van der Waals surface area contributed by atoms with Crippen LogP contribution in [0.1, 0.15) is 33.4 Å². The van der Waals surface area contributed by atoms with Gasteiger partial charge in [0.05, 0.1) is 31.7 Å². The summed E-state index contributed by atoms with van der Waals surface area (Å²) in [6, 6.07) is -0.674. The van der Waals surface area contributed by atoms with Gasteiger partial charge < -0.3 is 29.6 Å². The lowest BCUT2D eigenvalue weighted by Crippen LogP contribution is -2.37. The van der Waals surface area contributed by atoms with Crippen molar-refractivity contribution in [3.05, 3.63) is 16.7 Å². The van der Waals surface area contributed by atoms with Crippen LogP contribution >= 0.6 is 8.45 Å². The average molecular weight is 485 g/mol. The number of aldehydes is 1. The number of aliphatic hydroxyl groups excluding tert-OH is 1. The first-order chi connectivity index (χ1) is 15.7. The number of anilines is 1. The number of H-pyrrole nitrogens is 1. The second-order valence-electron chi connectivity index (χ2n) is 7.68. The highest BCUT2D eigenvalue weighted by Gasteiger charge is 2.37. The quantitative estimate of drug-likeness (QED) is 0.153. The summed E-state index contributed by atoms with van der Waals surface area (Å²) in [7, 11) is -1.58. The maximum Gasteiger partial charge on any atom is 0.323 e. The van der Waals surface area contributed by atoms with Gasteiger partial charge in [-0.1, -0.05) is 0 Å². The van der Waals surface area contributed by atoms with E-state index in [2.05, 4.69) is 25.1 Å². The monoisotopic (exact) mass is 485 g/mol. The van der Waals surface area contributed by atoms with E-state index < -0.39 is 44.5 Å². The zero-order chi connectivity index (χ0) is 24.1. The molecular formula is C18H28N7O7P. The molecule has 14 nitrogen and oxygen atoms in total. The molecule has 0 saturated carbocycles. The molecule has 2 aromatic rings. The van der Waals surface area contributed by atoms with Crippen molar-refractivity contribution in [1.29, 1.82) is 0 Å². The number of nitrogen functional groups attached to an aromatic ring is 1.